The van der Waals surface area contributed by atoms with Gasteiger partial charge >= 0.3 is 0 Å². The van der Waals surface area contributed by atoms with Crippen molar-refractivity contribution in [2.24, 2.45) is 0 Å². The molecule has 1 heterocycles. The van der Waals surface area contributed by atoms with E-state index in [1.54, 1.807) is 10.7 Å². The number of likely N-dealkylation sites (N-methyl/N-ethyl adjacent to an activating group) is 1. The molecule has 1 saturated carbocycles. The highest BCUT2D eigenvalue weighted by Gasteiger charge is 2.21. The maximum Gasteiger partial charge on any atom is 0.270 e. The largest absolute Gasteiger partial charge is 0.322 e. The fourth-order valence-electron chi connectivity index (χ4n) is 4.00. The van der Waals surface area contributed by atoms with Gasteiger partial charge in [0.05, 0.1) is 17.0 Å². The van der Waals surface area contributed by atoms with Crippen LogP contribution in [0.25, 0.3) is 0 Å². The van der Waals surface area contributed by atoms with Gasteiger partial charge in [-0.2, -0.15) is 0 Å². The summed E-state index contributed by atoms with van der Waals surface area (Å²) >= 11 is 1.20. The average molecular weight is 512 g/mol. The number of amides is 1. The minimum atomic E-state index is -0.511. The van der Waals surface area contributed by atoms with Crippen molar-refractivity contribution in [3.05, 3.63) is 63.7 Å². The molecule has 0 radical (unpaired) electrons. The van der Waals surface area contributed by atoms with Crippen LogP contribution in [0.3, 0.4) is 0 Å². The van der Waals surface area contributed by atoms with E-state index in [0.29, 0.717) is 28.2 Å². The SMILES string of the molecule is CC.CN(C)CCn1nnnc1Sc1ccc([N+](=O)[O-])cc1C(=O)Nc1ccc(C2CCCC2)cc1. The van der Waals surface area contributed by atoms with Gasteiger partial charge in [-0.05, 0) is 78.8 Å². The Morgan fingerprint density at radius 3 is 2.50 bits per heavy atom. The lowest BCUT2D eigenvalue weighted by Crippen LogP contribution is -2.19. The molecule has 0 unspecified atom stereocenters. The van der Waals surface area contributed by atoms with Crippen LogP contribution in [0, 0.1) is 10.1 Å². The number of tetrazole rings is 1. The van der Waals surface area contributed by atoms with E-state index in [9.17, 15) is 14.9 Å². The molecule has 3 aromatic rings. The summed E-state index contributed by atoms with van der Waals surface area (Å²) < 4.78 is 1.65. The summed E-state index contributed by atoms with van der Waals surface area (Å²) in [6.45, 7) is 5.31. The topological polar surface area (TPSA) is 119 Å². The van der Waals surface area contributed by atoms with Gasteiger partial charge in [0.1, 0.15) is 0 Å². The first-order valence-corrected chi connectivity index (χ1v) is 13.0. The van der Waals surface area contributed by atoms with Gasteiger partial charge in [-0.3, -0.25) is 14.9 Å². The van der Waals surface area contributed by atoms with Crippen LogP contribution in [0.15, 0.2) is 52.5 Å². The van der Waals surface area contributed by atoms with Crippen molar-refractivity contribution >= 4 is 29.0 Å². The van der Waals surface area contributed by atoms with E-state index < -0.39 is 10.8 Å². The number of aromatic nitrogens is 4. The maximum atomic E-state index is 13.2. The molecule has 0 bridgehead atoms. The van der Waals surface area contributed by atoms with E-state index in [2.05, 4.69) is 20.8 Å². The number of hydrogen-bond acceptors (Lipinski definition) is 8. The van der Waals surface area contributed by atoms with E-state index in [-0.39, 0.29) is 11.3 Å². The predicted octanol–water partition coefficient (Wildman–Crippen LogP) is 5.23. The Morgan fingerprint density at radius 2 is 1.86 bits per heavy atom. The van der Waals surface area contributed by atoms with Crippen molar-refractivity contribution in [2.75, 3.05) is 26.0 Å². The fourth-order valence-corrected chi connectivity index (χ4v) is 4.90. The molecule has 2 aromatic carbocycles. The predicted molar refractivity (Wildman–Crippen MR) is 141 cm³/mol. The zero-order valence-corrected chi connectivity index (χ0v) is 22.0. The third-order valence-electron chi connectivity index (χ3n) is 5.87. The summed E-state index contributed by atoms with van der Waals surface area (Å²) in [6, 6.07) is 12.1. The molecule has 1 fully saturated rings. The van der Waals surface area contributed by atoms with Crippen LogP contribution in [0.1, 0.15) is 61.4 Å². The average Bonchev–Trinajstić information content (AvgIpc) is 3.57. The third kappa shape index (κ3) is 7.11. The molecule has 36 heavy (non-hydrogen) atoms. The highest BCUT2D eigenvalue weighted by Crippen LogP contribution is 2.35. The minimum Gasteiger partial charge on any atom is -0.322 e. The number of anilines is 1. The first-order chi connectivity index (χ1) is 17.4. The summed E-state index contributed by atoms with van der Waals surface area (Å²) in [5.41, 5.74) is 1.97. The number of nitrogens with one attached hydrogen (secondary N) is 1. The van der Waals surface area contributed by atoms with Crippen LogP contribution in [-0.4, -0.2) is 56.6 Å². The zero-order chi connectivity index (χ0) is 26.1. The molecule has 0 atom stereocenters. The van der Waals surface area contributed by atoms with Crippen LogP contribution in [0.2, 0.25) is 0 Å². The Labute approximate surface area is 215 Å². The molecule has 192 valence electrons. The van der Waals surface area contributed by atoms with Crippen molar-refractivity contribution in [1.29, 1.82) is 0 Å². The van der Waals surface area contributed by atoms with Gasteiger partial charge in [0.25, 0.3) is 11.6 Å². The molecule has 1 aromatic heterocycles. The monoisotopic (exact) mass is 511 g/mol. The van der Waals surface area contributed by atoms with Crippen LogP contribution in [-0.2, 0) is 6.54 Å². The van der Waals surface area contributed by atoms with E-state index in [4.69, 9.17) is 0 Å². The molecule has 0 aliphatic heterocycles. The molecule has 1 aliphatic rings. The number of rotatable bonds is 9. The van der Waals surface area contributed by atoms with Crippen LogP contribution < -0.4 is 5.32 Å². The van der Waals surface area contributed by atoms with Crippen molar-refractivity contribution < 1.29 is 9.72 Å². The van der Waals surface area contributed by atoms with Crippen molar-refractivity contribution in [1.82, 2.24) is 25.1 Å². The quantitative estimate of drug-likeness (QED) is 0.306. The first-order valence-electron chi connectivity index (χ1n) is 12.2. The molecule has 1 amide bonds. The number of nitro benzene ring substituents is 1. The summed E-state index contributed by atoms with van der Waals surface area (Å²) in [7, 11) is 3.91. The van der Waals surface area contributed by atoms with Gasteiger partial charge in [0.15, 0.2) is 0 Å². The molecular formula is C25H33N7O3S. The smallest absolute Gasteiger partial charge is 0.270 e. The number of benzene rings is 2. The molecule has 11 heteroatoms. The molecule has 0 spiro atoms. The van der Waals surface area contributed by atoms with Gasteiger partial charge < -0.3 is 10.2 Å². The van der Waals surface area contributed by atoms with Gasteiger partial charge in [-0.25, -0.2) is 4.68 Å². The highest BCUT2D eigenvalue weighted by molar-refractivity contribution is 7.99. The van der Waals surface area contributed by atoms with E-state index in [1.165, 1.54) is 55.1 Å². The van der Waals surface area contributed by atoms with E-state index >= 15 is 0 Å². The molecule has 4 rings (SSSR count). The summed E-state index contributed by atoms with van der Waals surface area (Å²) in [6.07, 6.45) is 4.92. The minimum absolute atomic E-state index is 0.154. The second-order valence-corrected chi connectivity index (χ2v) is 9.59. The summed E-state index contributed by atoms with van der Waals surface area (Å²) in [5.74, 6) is 0.162. The number of carbonyl (C=O) groups excluding carboxylic acids is 1. The maximum absolute atomic E-state index is 13.2. The second-order valence-electron chi connectivity index (χ2n) is 8.59. The standard InChI is InChI=1S/C23H27N7O3S.C2H6/c1-28(2)13-14-29-23(25-26-27-29)34-21-12-11-19(30(32)33)15-20(21)22(31)24-18-9-7-17(8-10-18)16-5-3-4-6-16;1-2/h7-12,15-16H,3-6,13-14H2,1-2H3,(H,24,31);1-2H3. The Balaban J connectivity index is 0.00000176. The van der Waals surface area contributed by atoms with Crippen LogP contribution in [0.4, 0.5) is 11.4 Å². The van der Waals surface area contributed by atoms with Gasteiger partial charge in [-0.15, -0.1) is 5.10 Å². The van der Waals surface area contributed by atoms with Crippen molar-refractivity contribution in [2.45, 2.75) is 62.0 Å². The van der Waals surface area contributed by atoms with Crippen LogP contribution >= 0.6 is 11.8 Å². The lowest BCUT2D eigenvalue weighted by molar-refractivity contribution is -0.384. The Hall–Kier alpha value is -3.31. The Kier molecular flexibility index (Phi) is 9.95. The highest BCUT2D eigenvalue weighted by atomic mass is 32.2. The third-order valence-corrected chi connectivity index (χ3v) is 6.92. The molecule has 10 nitrogen and oxygen atoms in total. The van der Waals surface area contributed by atoms with Gasteiger partial charge in [0.2, 0.25) is 5.16 Å². The zero-order valence-electron chi connectivity index (χ0n) is 21.2. The molecule has 1 aliphatic carbocycles. The fraction of sp³-hybridized carbons (Fsp3) is 0.440. The second kappa shape index (κ2) is 13.1. The molecule has 0 saturated heterocycles. The Morgan fingerprint density at radius 1 is 1.17 bits per heavy atom. The molecular weight excluding hydrogens is 478 g/mol. The van der Waals surface area contributed by atoms with Crippen LogP contribution in [0.5, 0.6) is 0 Å². The lowest BCUT2D eigenvalue weighted by Gasteiger charge is -2.13. The lowest BCUT2D eigenvalue weighted by atomic mass is 9.97. The number of non-ortho nitro benzene ring substituents is 1. The summed E-state index contributed by atoms with van der Waals surface area (Å²) in [5, 5.41) is 26.5. The van der Waals surface area contributed by atoms with Gasteiger partial charge in [-0.1, -0.05) is 38.8 Å². The Bertz CT molecular complexity index is 1160. The van der Waals surface area contributed by atoms with E-state index in [1.807, 2.05) is 57.1 Å². The number of nitrogens with zero attached hydrogens (tertiary/aromatic N) is 6. The van der Waals surface area contributed by atoms with Crippen molar-refractivity contribution in [3.63, 3.8) is 0 Å². The van der Waals surface area contributed by atoms with Gasteiger partial charge in [0, 0.05) is 29.3 Å². The summed E-state index contributed by atoms with van der Waals surface area (Å²) in [4.78, 5) is 26.6. The first kappa shape index (κ1) is 27.3. The molecule has 1 N–H and O–H groups in total. The van der Waals surface area contributed by atoms with E-state index in [0.717, 1.165) is 6.54 Å². The number of hydrogen-bond donors (Lipinski definition) is 1. The van der Waals surface area contributed by atoms with Crippen molar-refractivity contribution in [3.8, 4) is 0 Å². The number of carbonyl (C=O) groups is 1. The normalized spacial score (nSPS) is 13.4. The number of nitro groups is 1.